The lowest BCUT2D eigenvalue weighted by Gasteiger charge is -2.13. The van der Waals surface area contributed by atoms with Crippen molar-refractivity contribution in [2.24, 2.45) is 0 Å². The number of pyridine rings is 7. The number of thiazole rings is 4. The van der Waals surface area contributed by atoms with Gasteiger partial charge in [0.1, 0.15) is 23.3 Å². The molecule has 632 valence electrons. The van der Waals surface area contributed by atoms with E-state index in [0.717, 1.165) is 144 Å². The summed E-state index contributed by atoms with van der Waals surface area (Å²) in [6.45, 7) is 8.90. The topological polar surface area (TPSA) is 258 Å². The number of halogens is 4. The van der Waals surface area contributed by atoms with Gasteiger partial charge in [0.25, 0.3) is 11.8 Å². The molecule has 27 heteroatoms. The first-order chi connectivity index (χ1) is 62.3. The van der Waals surface area contributed by atoms with Crippen molar-refractivity contribution in [3.8, 4) is 89.5 Å². The van der Waals surface area contributed by atoms with Crippen molar-refractivity contribution in [3.63, 3.8) is 0 Å². The van der Waals surface area contributed by atoms with Gasteiger partial charge in [0.15, 0.2) is 0 Å². The van der Waals surface area contributed by atoms with Gasteiger partial charge in [-0.3, -0.25) is 54.1 Å². The van der Waals surface area contributed by atoms with Crippen molar-refractivity contribution < 1.29 is 36.7 Å². The van der Waals surface area contributed by atoms with Crippen LogP contribution in [0.3, 0.4) is 0 Å². The first-order valence-electron chi connectivity index (χ1n) is 40.6. The molecule has 4 N–H and O–H groups in total. The molecule has 0 aliphatic rings. The molecular formula is C101H77F4N15O4S4. The van der Waals surface area contributed by atoms with E-state index in [4.69, 9.17) is 0 Å². The number of anilines is 4. The molecule has 0 fully saturated rings. The fourth-order valence-corrected chi connectivity index (χ4v) is 17.1. The van der Waals surface area contributed by atoms with Crippen LogP contribution in [0.4, 0.5) is 40.3 Å². The average molecular weight is 1770 g/mol. The van der Waals surface area contributed by atoms with Gasteiger partial charge in [0.05, 0.1) is 139 Å². The maximum atomic E-state index is 13.9. The van der Waals surface area contributed by atoms with Crippen LogP contribution in [-0.4, -0.2) is 78.5 Å². The summed E-state index contributed by atoms with van der Waals surface area (Å²) in [5, 5.41) is 11.7. The number of nitrogens with one attached hydrogen (secondary N) is 4. The second kappa shape index (κ2) is 39.9. The zero-order valence-corrected chi connectivity index (χ0v) is 72.7. The lowest BCUT2D eigenvalue weighted by molar-refractivity contribution is -0.117. The Morgan fingerprint density at radius 3 is 0.961 bits per heavy atom. The predicted octanol–water partition coefficient (Wildman–Crippen LogP) is 25.3. The first kappa shape index (κ1) is 86.5. The zero-order chi connectivity index (χ0) is 88.7. The van der Waals surface area contributed by atoms with Crippen molar-refractivity contribution in [1.29, 1.82) is 0 Å². The molecule has 0 aliphatic carbocycles. The average Bonchev–Trinajstić information content (AvgIpc) is 1.20. The van der Waals surface area contributed by atoms with Crippen molar-refractivity contribution >= 4 is 133 Å². The minimum absolute atomic E-state index is 0.0384. The summed E-state index contributed by atoms with van der Waals surface area (Å²) in [5.74, 6) is -1.64. The van der Waals surface area contributed by atoms with Gasteiger partial charge in [0.2, 0.25) is 11.8 Å². The molecule has 19 nitrogen and oxygen atoms in total. The Balaban J connectivity index is 0.000000126. The first-order valence-corrected chi connectivity index (χ1v) is 44.1. The molecule has 8 aromatic carbocycles. The molecule has 0 aliphatic heterocycles. The summed E-state index contributed by atoms with van der Waals surface area (Å²) in [6.07, 6.45) is 19.5. The van der Waals surface area contributed by atoms with E-state index in [2.05, 4.69) is 100 Å². The summed E-state index contributed by atoms with van der Waals surface area (Å²) in [4.78, 5) is 97.9. The molecule has 0 atom stereocenters. The van der Waals surface area contributed by atoms with Gasteiger partial charge in [-0.25, -0.2) is 37.5 Å². The normalized spacial score (nSPS) is 11.0. The molecule has 0 bridgehead atoms. The van der Waals surface area contributed by atoms with Gasteiger partial charge >= 0.3 is 0 Å². The van der Waals surface area contributed by atoms with Gasteiger partial charge in [-0.15, -0.1) is 45.3 Å². The summed E-state index contributed by atoms with van der Waals surface area (Å²) >= 11 is 6.26. The summed E-state index contributed by atoms with van der Waals surface area (Å²) in [5.41, 5.74) is 31.0. The van der Waals surface area contributed by atoms with Crippen LogP contribution >= 0.6 is 45.3 Å². The SMILES string of the molecule is CCCC(=O)Nc1cnc(-c2ccc(F)c(C)c2)c(-c2ccc3ncsc3c2)c1.Cc1cc(-c2ncc(NC(=O)CCCc3ccncc3)cc2-c2ccc3ncsc3c2)ccc1F.Cc1cc(-c2ncc(NC(=O)c3cccnc3)cc2-c2ccc3ncsc3c2)ccc1F.Cc1cc(-c2ncc(NC(=O)c3ccncc3)cc2-c2ccc3ncsc3c2)ccc1F. The number of benzene rings is 8. The highest BCUT2D eigenvalue weighted by molar-refractivity contribution is 7.17. The maximum absolute atomic E-state index is 13.9. The predicted molar refractivity (Wildman–Crippen MR) is 506 cm³/mol. The number of aryl methyl sites for hydroxylation is 5. The quantitative estimate of drug-likeness (QED) is 0.0517. The number of rotatable bonds is 20. The van der Waals surface area contributed by atoms with Crippen molar-refractivity contribution in [2.45, 2.75) is 66.7 Å². The van der Waals surface area contributed by atoms with Crippen LogP contribution in [0.15, 0.2) is 290 Å². The van der Waals surface area contributed by atoms with E-state index in [1.54, 1.807) is 202 Å². The van der Waals surface area contributed by atoms with E-state index >= 15 is 0 Å². The highest BCUT2D eigenvalue weighted by atomic mass is 32.1. The number of amides is 4. The molecule has 0 saturated heterocycles. The molecule has 11 heterocycles. The summed E-state index contributed by atoms with van der Waals surface area (Å²) < 4.78 is 59.7. The smallest absolute Gasteiger partial charge is 0.257 e. The summed E-state index contributed by atoms with van der Waals surface area (Å²) in [6, 6.07) is 62.2. The Morgan fingerprint density at radius 1 is 0.312 bits per heavy atom. The molecule has 0 saturated carbocycles. The van der Waals surface area contributed by atoms with Crippen molar-refractivity contribution in [2.75, 3.05) is 21.3 Å². The standard InChI is InChI=1S/C28H23FN4OS.2C25H17FN4OS.C23H20FN3OS/c1-18-13-21(5-7-24(18)29)28-23(20-6-8-25-26(14-20)35-17-32-25)15-22(16-31-28)33-27(34)4-2-3-19-9-11-30-12-10-19;1-15-10-18(2-4-21(15)26)24-20(17-3-5-22-23(11-17)32-14-29-22)12-19(13-28-24)30-25(31)16-6-8-27-9-7-16;1-15-9-17(4-6-21(15)26)24-20(16-5-7-22-23(10-16)32-14-29-22)11-19(13-28-24)30-25(31)18-3-2-8-27-12-18;1-3-4-22(28)27-17-11-18(15-6-8-20-21(10-15)29-13-26-20)23(25-12-17)16-5-7-19(24)14(2)9-16/h5-17H,2-4H2,1H3,(H,33,34);2*2-14H,1H3,(H,30,31);5-13H,3-4H2,1-2H3,(H,27,28). The van der Waals surface area contributed by atoms with Crippen LogP contribution in [-0.2, 0) is 16.0 Å². The molecule has 4 amide bonds. The van der Waals surface area contributed by atoms with Gasteiger partial charge in [-0.2, -0.15) is 0 Å². The van der Waals surface area contributed by atoms with Crippen LogP contribution < -0.4 is 21.3 Å². The van der Waals surface area contributed by atoms with E-state index in [0.29, 0.717) is 80.4 Å². The van der Waals surface area contributed by atoms with Crippen molar-refractivity contribution in [3.05, 3.63) is 352 Å². The third-order valence-electron chi connectivity index (χ3n) is 20.9. The van der Waals surface area contributed by atoms with E-state index in [-0.39, 0.29) is 46.9 Å². The molecule has 11 aromatic heterocycles. The second-order valence-electron chi connectivity index (χ2n) is 29.9. The third kappa shape index (κ3) is 20.8. The fraction of sp³-hybridized carbons (Fsp3) is 0.0990. The Kier molecular flexibility index (Phi) is 26.9. The van der Waals surface area contributed by atoms with Crippen LogP contribution in [0, 0.1) is 51.0 Å². The highest BCUT2D eigenvalue weighted by Gasteiger charge is 2.22. The third-order valence-corrected chi connectivity index (χ3v) is 24.1. The summed E-state index contributed by atoms with van der Waals surface area (Å²) in [7, 11) is 0. The van der Waals surface area contributed by atoms with Crippen LogP contribution in [0.5, 0.6) is 0 Å². The molecule has 0 spiro atoms. The van der Waals surface area contributed by atoms with Gasteiger partial charge in [0, 0.05) is 100 Å². The van der Waals surface area contributed by atoms with Crippen LogP contribution in [0.1, 0.15) is 81.1 Å². The lowest BCUT2D eigenvalue weighted by atomic mass is 9.97. The largest absolute Gasteiger partial charge is 0.325 e. The zero-order valence-electron chi connectivity index (χ0n) is 69.4. The number of aromatic nitrogens is 11. The fourth-order valence-electron chi connectivity index (χ4n) is 14.3. The Hall–Kier alpha value is -15.0. The minimum Gasteiger partial charge on any atom is -0.325 e. The monoisotopic (exact) mass is 1770 g/mol. The van der Waals surface area contributed by atoms with Gasteiger partial charge in [-0.1, -0.05) is 31.2 Å². The number of nitrogens with zero attached hydrogens (tertiary/aromatic N) is 11. The second-order valence-corrected chi connectivity index (χ2v) is 33.5. The Labute approximate surface area is 749 Å². The molecule has 0 unspecified atom stereocenters. The van der Waals surface area contributed by atoms with Crippen molar-refractivity contribution in [1.82, 2.24) is 54.8 Å². The molecule has 19 aromatic rings. The molecular weight excluding hydrogens is 1690 g/mol. The highest BCUT2D eigenvalue weighted by Crippen LogP contribution is 2.41. The van der Waals surface area contributed by atoms with Crippen LogP contribution in [0.25, 0.3) is 130 Å². The minimum atomic E-state index is -0.269. The van der Waals surface area contributed by atoms with Crippen LogP contribution in [0.2, 0.25) is 0 Å². The Morgan fingerprint density at radius 2 is 0.633 bits per heavy atom. The number of hydrogen-bond acceptors (Lipinski definition) is 19. The molecule has 19 rings (SSSR count). The Bertz CT molecular complexity index is 7100. The molecule has 128 heavy (non-hydrogen) atoms. The number of hydrogen-bond donors (Lipinski definition) is 4. The van der Waals surface area contributed by atoms with E-state index < -0.39 is 0 Å². The van der Waals surface area contributed by atoms with Gasteiger partial charge < -0.3 is 21.3 Å². The number of carbonyl (C=O) groups is 4. The number of carbonyl (C=O) groups excluding carboxylic acids is 4. The lowest BCUT2D eigenvalue weighted by Crippen LogP contribution is -2.12. The molecule has 0 radical (unpaired) electrons. The van der Waals surface area contributed by atoms with E-state index in [9.17, 15) is 36.7 Å². The number of fused-ring (bicyclic) bond motifs is 4. The van der Waals surface area contributed by atoms with E-state index in [1.807, 2.05) is 114 Å². The van der Waals surface area contributed by atoms with Gasteiger partial charge in [-0.05, 0) is 279 Å². The van der Waals surface area contributed by atoms with E-state index in [1.165, 1.54) is 30.5 Å². The maximum Gasteiger partial charge on any atom is 0.257 e.